The van der Waals surface area contributed by atoms with E-state index in [0.29, 0.717) is 24.4 Å². The molecule has 162 valence electrons. The average molecular weight is 430 g/mol. The van der Waals surface area contributed by atoms with Crippen LogP contribution in [0.1, 0.15) is 32.6 Å². The molecule has 0 atom stereocenters. The van der Waals surface area contributed by atoms with Gasteiger partial charge in [-0.2, -0.15) is 5.21 Å². The molecule has 0 spiro atoms. The van der Waals surface area contributed by atoms with Gasteiger partial charge in [-0.3, -0.25) is 4.84 Å². The van der Waals surface area contributed by atoms with Crippen LogP contribution in [0.25, 0.3) is 11.4 Å². The van der Waals surface area contributed by atoms with Crippen molar-refractivity contribution in [3.05, 3.63) is 88.6 Å². The van der Waals surface area contributed by atoms with Crippen LogP contribution in [0.15, 0.2) is 60.8 Å². The summed E-state index contributed by atoms with van der Waals surface area (Å²) in [5, 5.41) is 25.7. The van der Waals surface area contributed by atoms with Crippen molar-refractivity contribution in [3.63, 3.8) is 0 Å². The number of pyridine rings is 1. The Hall–Kier alpha value is -4.11. The molecule has 0 aliphatic carbocycles. The SMILES string of the molecule is CON(Cc1ccc(Cc2ccccc2C(=O)O)c(-c2nn[nH]n2)c1)c1ncccc1C. The minimum Gasteiger partial charge on any atom is -0.478 e. The molecular weight excluding hydrogens is 408 g/mol. The Morgan fingerprint density at radius 3 is 2.69 bits per heavy atom. The minimum absolute atomic E-state index is 0.270. The second-order valence-electron chi connectivity index (χ2n) is 7.23. The van der Waals surface area contributed by atoms with E-state index in [1.165, 1.54) is 0 Å². The number of anilines is 1. The maximum Gasteiger partial charge on any atom is 0.335 e. The Bertz CT molecular complexity index is 1230. The third-order valence-electron chi connectivity index (χ3n) is 5.15. The van der Waals surface area contributed by atoms with Gasteiger partial charge in [-0.25, -0.2) is 14.8 Å². The summed E-state index contributed by atoms with van der Waals surface area (Å²) in [6.07, 6.45) is 2.14. The van der Waals surface area contributed by atoms with Crippen LogP contribution in [0.2, 0.25) is 0 Å². The van der Waals surface area contributed by atoms with Crippen LogP contribution in [0.4, 0.5) is 5.82 Å². The van der Waals surface area contributed by atoms with E-state index < -0.39 is 5.97 Å². The summed E-state index contributed by atoms with van der Waals surface area (Å²) in [4.78, 5) is 21.6. The molecule has 0 bridgehead atoms. The molecule has 0 radical (unpaired) electrons. The fourth-order valence-corrected chi connectivity index (χ4v) is 3.58. The molecule has 0 aliphatic rings. The molecular formula is C23H22N6O3. The predicted molar refractivity (Wildman–Crippen MR) is 118 cm³/mol. The van der Waals surface area contributed by atoms with Crippen molar-refractivity contribution >= 4 is 11.8 Å². The first-order valence-electron chi connectivity index (χ1n) is 9.97. The summed E-state index contributed by atoms with van der Waals surface area (Å²) < 4.78 is 0. The summed E-state index contributed by atoms with van der Waals surface area (Å²) in [6.45, 7) is 2.42. The molecule has 4 aromatic rings. The summed E-state index contributed by atoms with van der Waals surface area (Å²) >= 11 is 0. The van der Waals surface area contributed by atoms with E-state index in [0.717, 1.165) is 28.1 Å². The van der Waals surface area contributed by atoms with Gasteiger partial charge >= 0.3 is 5.97 Å². The molecule has 32 heavy (non-hydrogen) atoms. The quantitative estimate of drug-likeness (QED) is 0.408. The first-order chi connectivity index (χ1) is 15.6. The predicted octanol–water partition coefficient (Wildman–Crippen LogP) is 3.43. The second kappa shape index (κ2) is 9.36. The van der Waals surface area contributed by atoms with Gasteiger partial charge in [-0.1, -0.05) is 36.4 Å². The number of benzene rings is 2. The van der Waals surface area contributed by atoms with E-state index in [4.69, 9.17) is 4.84 Å². The molecule has 0 saturated carbocycles. The van der Waals surface area contributed by atoms with Gasteiger partial charge < -0.3 is 5.11 Å². The van der Waals surface area contributed by atoms with E-state index in [9.17, 15) is 9.90 Å². The standard InChI is InChI=1S/C23H22N6O3/c1-15-6-5-11-24-22(15)29(32-2)14-16-9-10-18(20(12-16)21-25-27-28-26-21)13-17-7-3-4-8-19(17)23(30)31/h3-12H,13-14H2,1-2H3,(H,30,31)(H,25,26,27,28). The maximum absolute atomic E-state index is 11.6. The first kappa shape index (κ1) is 21.1. The molecule has 2 aromatic heterocycles. The van der Waals surface area contributed by atoms with Gasteiger partial charge in [0.05, 0.1) is 19.2 Å². The monoisotopic (exact) mass is 430 g/mol. The first-order valence-corrected chi connectivity index (χ1v) is 9.97. The molecule has 0 aliphatic heterocycles. The molecule has 9 nitrogen and oxygen atoms in total. The Balaban J connectivity index is 1.70. The van der Waals surface area contributed by atoms with Crippen molar-refractivity contribution in [2.24, 2.45) is 0 Å². The highest BCUT2D eigenvalue weighted by Crippen LogP contribution is 2.27. The number of nitrogens with one attached hydrogen (secondary N) is 1. The number of carboxylic acid groups (broad SMARTS) is 1. The fraction of sp³-hybridized carbons (Fsp3) is 0.174. The zero-order chi connectivity index (χ0) is 22.5. The summed E-state index contributed by atoms with van der Waals surface area (Å²) in [7, 11) is 1.60. The smallest absolute Gasteiger partial charge is 0.335 e. The van der Waals surface area contributed by atoms with Gasteiger partial charge in [-0.05, 0) is 59.0 Å². The van der Waals surface area contributed by atoms with Gasteiger partial charge in [0.15, 0.2) is 5.82 Å². The van der Waals surface area contributed by atoms with Crippen LogP contribution in [-0.2, 0) is 17.8 Å². The zero-order valence-electron chi connectivity index (χ0n) is 17.7. The Kier molecular flexibility index (Phi) is 6.18. The summed E-state index contributed by atoms with van der Waals surface area (Å²) in [5.41, 5.74) is 4.58. The number of aryl methyl sites for hydroxylation is 1. The lowest BCUT2D eigenvalue weighted by Crippen LogP contribution is -2.23. The number of tetrazole rings is 1. The number of aromatic amines is 1. The van der Waals surface area contributed by atoms with Crippen molar-refractivity contribution in [3.8, 4) is 11.4 Å². The van der Waals surface area contributed by atoms with Crippen molar-refractivity contribution < 1.29 is 14.7 Å². The van der Waals surface area contributed by atoms with Gasteiger partial charge in [0, 0.05) is 11.8 Å². The number of carbonyl (C=O) groups is 1. The second-order valence-corrected chi connectivity index (χ2v) is 7.23. The van der Waals surface area contributed by atoms with Crippen LogP contribution in [0.3, 0.4) is 0 Å². The zero-order valence-corrected chi connectivity index (χ0v) is 17.7. The fourth-order valence-electron chi connectivity index (χ4n) is 3.58. The van der Waals surface area contributed by atoms with E-state index in [1.807, 2.05) is 49.4 Å². The molecule has 2 heterocycles. The van der Waals surface area contributed by atoms with E-state index >= 15 is 0 Å². The van der Waals surface area contributed by atoms with Crippen LogP contribution in [-0.4, -0.2) is 43.8 Å². The lowest BCUT2D eigenvalue weighted by atomic mass is 9.94. The number of aromatic nitrogens is 5. The molecule has 0 saturated heterocycles. The normalized spacial score (nSPS) is 10.8. The topological polar surface area (TPSA) is 117 Å². The van der Waals surface area contributed by atoms with Crippen LogP contribution in [0, 0.1) is 6.92 Å². The van der Waals surface area contributed by atoms with Gasteiger partial charge in [0.25, 0.3) is 0 Å². The molecule has 0 unspecified atom stereocenters. The van der Waals surface area contributed by atoms with Crippen molar-refractivity contribution in [2.75, 3.05) is 12.2 Å². The summed E-state index contributed by atoms with van der Waals surface area (Å²) in [6, 6.07) is 16.7. The van der Waals surface area contributed by atoms with Crippen LogP contribution < -0.4 is 5.06 Å². The highest BCUT2D eigenvalue weighted by molar-refractivity contribution is 5.89. The van der Waals surface area contributed by atoms with Crippen LogP contribution >= 0.6 is 0 Å². The molecule has 9 heteroatoms. The minimum atomic E-state index is -0.959. The Morgan fingerprint density at radius 2 is 1.97 bits per heavy atom. The van der Waals surface area contributed by atoms with Crippen molar-refractivity contribution in [1.29, 1.82) is 0 Å². The van der Waals surface area contributed by atoms with Crippen LogP contribution in [0.5, 0.6) is 0 Å². The van der Waals surface area contributed by atoms with Crippen molar-refractivity contribution in [1.82, 2.24) is 25.6 Å². The van der Waals surface area contributed by atoms with E-state index in [-0.39, 0.29) is 5.56 Å². The number of hydrogen-bond acceptors (Lipinski definition) is 7. The number of hydrogen-bond donors (Lipinski definition) is 2. The number of nitrogens with zero attached hydrogens (tertiary/aromatic N) is 5. The summed E-state index contributed by atoms with van der Waals surface area (Å²) in [5.74, 6) is 0.211. The maximum atomic E-state index is 11.6. The number of hydroxylamine groups is 1. The third kappa shape index (κ3) is 4.47. The highest BCUT2D eigenvalue weighted by atomic mass is 16.7. The van der Waals surface area contributed by atoms with E-state index in [2.05, 4.69) is 25.6 Å². The van der Waals surface area contributed by atoms with Gasteiger partial charge in [-0.15, -0.1) is 10.2 Å². The number of H-pyrrole nitrogens is 1. The molecule has 2 aromatic carbocycles. The lowest BCUT2D eigenvalue weighted by Gasteiger charge is -2.22. The highest BCUT2D eigenvalue weighted by Gasteiger charge is 2.17. The molecule has 4 rings (SSSR count). The third-order valence-corrected chi connectivity index (χ3v) is 5.15. The largest absolute Gasteiger partial charge is 0.478 e. The molecule has 2 N–H and O–H groups in total. The Labute approximate surface area is 184 Å². The number of carboxylic acids is 1. The number of rotatable bonds is 8. The lowest BCUT2D eigenvalue weighted by molar-refractivity contribution is 0.0696. The van der Waals surface area contributed by atoms with Gasteiger partial charge in [0.1, 0.15) is 0 Å². The van der Waals surface area contributed by atoms with Crippen molar-refractivity contribution in [2.45, 2.75) is 19.9 Å². The number of aromatic carboxylic acids is 1. The van der Waals surface area contributed by atoms with E-state index in [1.54, 1.807) is 30.5 Å². The average Bonchev–Trinajstić information content (AvgIpc) is 3.34. The molecule has 0 fully saturated rings. The van der Waals surface area contributed by atoms with Gasteiger partial charge in [0.2, 0.25) is 5.82 Å². The molecule has 0 amide bonds. The Morgan fingerprint density at radius 1 is 1.12 bits per heavy atom.